The molecule has 0 fully saturated rings. The topological polar surface area (TPSA) is 94.0 Å². The first-order valence-corrected chi connectivity index (χ1v) is 11.4. The summed E-state index contributed by atoms with van der Waals surface area (Å²) in [5.41, 5.74) is 6.10. The number of hydrogen-bond donors (Lipinski definition) is 2. The predicted molar refractivity (Wildman–Crippen MR) is 134 cm³/mol. The third-order valence-electron chi connectivity index (χ3n) is 6.18. The minimum absolute atomic E-state index is 0.221. The second-order valence-corrected chi connectivity index (χ2v) is 8.57. The van der Waals surface area contributed by atoms with E-state index in [2.05, 4.69) is 45.2 Å². The highest BCUT2D eigenvalue weighted by molar-refractivity contribution is 6.06. The van der Waals surface area contributed by atoms with Crippen LogP contribution >= 0.6 is 0 Å². The molecule has 8 heteroatoms. The van der Waals surface area contributed by atoms with Crippen molar-refractivity contribution in [3.05, 3.63) is 106 Å². The molecule has 2 heterocycles. The number of fused-ring (bicyclic) bond motifs is 1. The van der Waals surface area contributed by atoms with Gasteiger partial charge in [-0.1, -0.05) is 59.7 Å². The monoisotopic (exact) mass is 466 g/mol. The predicted octanol–water partition coefficient (Wildman–Crippen LogP) is 4.80. The van der Waals surface area contributed by atoms with E-state index in [1.165, 1.54) is 5.56 Å². The van der Waals surface area contributed by atoms with Crippen molar-refractivity contribution < 1.29 is 9.53 Å². The molecule has 0 aliphatic carbocycles. The summed E-state index contributed by atoms with van der Waals surface area (Å²) in [5.74, 6) is 0.961. The molecule has 176 valence electrons. The molecule has 1 atom stereocenters. The molecule has 8 nitrogen and oxygen atoms in total. The first kappa shape index (κ1) is 22.3. The van der Waals surface area contributed by atoms with Gasteiger partial charge >= 0.3 is 0 Å². The van der Waals surface area contributed by atoms with E-state index >= 15 is 0 Å². The summed E-state index contributed by atoms with van der Waals surface area (Å²) >= 11 is 0. The Morgan fingerprint density at radius 3 is 2.57 bits per heavy atom. The van der Waals surface area contributed by atoms with E-state index in [1.54, 1.807) is 4.68 Å². The second-order valence-electron chi connectivity index (χ2n) is 8.57. The van der Waals surface area contributed by atoms with Gasteiger partial charge in [-0.25, -0.2) is 0 Å². The van der Waals surface area contributed by atoms with Crippen molar-refractivity contribution in [1.82, 2.24) is 20.2 Å². The van der Waals surface area contributed by atoms with E-state index in [4.69, 9.17) is 4.74 Å². The standard InChI is InChI=1S/C27H26N6O2/c1-17-9-4-6-11-21(17)16-35-22-13-8-12-20(15-22)25-24(19(3)28-27-30-31-32-33(25)27)26(34)29-23-14-7-5-10-18(23)2/h4-15,25H,16H2,1-3H3,(H,29,34)(H,28,30,32). The molecule has 35 heavy (non-hydrogen) atoms. The van der Waals surface area contributed by atoms with Crippen LogP contribution in [0.1, 0.15) is 35.2 Å². The van der Waals surface area contributed by atoms with Crippen LogP contribution in [0.25, 0.3) is 0 Å². The largest absolute Gasteiger partial charge is 0.489 e. The number of nitrogens with one attached hydrogen (secondary N) is 2. The molecule has 0 saturated carbocycles. The lowest BCUT2D eigenvalue weighted by Gasteiger charge is -2.28. The lowest BCUT2D eigenvalue weighted by molar-refractivity contribution is -0.113. The molecular formula is C27H26N6O2. The van der Waals surface area contributed by atoms with Gasteiger partial charge in [0.05, 0.1) is 5.57 Å². The van der Waals surface area contributed by atoms with Crippen molar-refractivity contribution in [3.63, 3.8) is 0 Å². The van der Waals surface area contributed by atoms with E-state index in [0.717, 1.165) is 22.4 Å². The lowest BCUT2D eigenvalue weighted by Crippen LogP contribution is -2.31. The number of anilines is 2. The number of para-hydroxylation sites is 1. The van der Waals surface area contributed by atoms with Gasteiger partial charge in [0.25, 0.3) is 5.91 Å². The second kappa shape index (κ2) is 9.42. The quantitative estimate of drug-likeness (QED) is 0.424. The molecule has 0 spiro atoms. The van der Waals surface area contributed by atoms with Crippen LogP contribution in [-0.4, -0.2) is 26.1 Å². The summed E-state index contributed by atoms with van der Waals surface area (Å²) in [4.78, 5) is 13.6. The van der Waals surface area contributed by atoms with Crippen LogP contribution in [0.15, 0.2) is 84.1 Å². The van der Waals surface area contributed by atoms with Crippen LogP contribution in [-0.2, 0) is 11.4 Å². The van der Waals surface area contributed by atoms with Gasteiger partial charge in [0.2, 0.25) is 5.95 Å². The number of carbonyl (C=O) groups is 1. The summed E-state index contributed by atoms with van der Waals surface area (Å²) in [5, 5.41) is 18.3. The van der Waals surface area contributed by atoms with E-state index in [1.807, 2.05) is 74.5 Å². The Bertz CT molecular complexity index is 1420. The SMILES string of the molecule is CC1=C(C(=O)Nc2ccccc2C)C(c2cccc(OCc3ccccc3C)c2)n2nnnc2N1. The van der Waals surface area contributed by atoms with Crippen molar-refractivity contribution in [2.45, 2.75) is 33.4 Å². The molecule has 3 aromatic carbocycles. The van der Waals surface area contributed by atoms with E-state index in [-0.39, 0.29) is 5.91 Å². The molecule has 1 aromatic heterocycles. The minimum Gasteiger partial charge on any atom is -0.489 e. The number of ether oxygens (including phenoxy) is 1. The first-order valence-electron chi connectivity index (χ1n) is 11.4. The molecule has 4 aromatic rings. The highest BCUT2D eigenvalue weighted by Crippen LogP contribution is 2.36. The molecule has 1 aliphatic heterocycles. The zero-order chi connectivity index (χ0) is 24.4. The normalized spacial score (nSPS) is 14.8. The van der Waals surface area contributed by atoms with Crippen LogP contribution in [0.2, 0.25) is 0 Å². The summed E-state index contributed by atoms with van der Waals surface area (Å²) in [6.07, 6.45) is 0. The van der Waals surface area contributed by atoms with Crippen molar-refractivity contribution in [1.29, 1.82) is 0 Å². The van der Waals surface area contributed by atoms with Gasteiger partial charge in [-0.05, 0) is 71.7 Å². The molecular weight excluding hydrogens is 440 g/mol. The van der Waals surface area contributed by atoms with Gasteiger partial charge in [-0.15, -0.1) is 0 Å². The van der Waals surface area contributed by atoms with E-state index in [9.17, 15) is 4.79 Å². The molecule has 0 bridgehead atoms. The first-order chi connectivity index (χ1) is 17.0. The molecule has 0 saturated heterocycles. The molecule has 1 unspecified atom stereocenters. The Kier molecular flexibility index (Phi) is 6.01. The zero-order valence-electron chi connectivity index (χ0n) is 19.8. The number of amides is 1. The molecule has 1 amide bonds. The van der Waals surface area contributed by atoms with Gasteiger partial charge in [-0.3, -0.25) is 4.79 Å². The van der Waals surface area contributed by atoms with Crippen LogP contribution in [0.5, 0.6) is 5.75 Å². The van der Waals surface area contributed by atoms with E-state index in [0.29, 0.717) is 29.6 Å². The number of benzene rings is 3. The fourth-order valence-corrected chi connectivity index (χ4v) is 4.22. The maximum absolute atomic E-state index is 13.6. The Hall–Kier alpha value is -4.46. The zero-order valence-corrected chi connectivity index (χ0v) is 19.8. The Labute approximate surface area is 203 Å². The summed E-state index contributed by atoms with van der Waals surface area (Å²) < 4.78 is 7.74. The number of hydrogen-bond acceptors (Lipinski definition) is 6. The van der Waals surface area contributed by atoms with Crippen molar-refractivity contribution in [2.75, 3.05) is 10.6 Å². The van der Waals surface area contributed by atoms with Gasteiger partial charge in [-0.2, -0.15) is 4.68 Å². The third-order valence-corrected chi connectivity index (χ3v) is 6.18. The molecule has 5 rings (SSSR count). The average molecular weight is 467 g/mol. The summed E-state index contributed by atoms with van der Waals surface area (Å²) in [7, 11) is 0. The maximum Gasteiger partial charge on any atom is 0.255 e. The van der Waals surface area contributed by atoms with Crippen molar-refractivity contribution in [2.24, 2.45) is 0 Å². The Morgan fingerprint density at radius 1 is 1.00 bits per heavy atom. The average Bonchev–Trinajstić information content (AvgIpc) is 3.32. The Morgan fingerprint density at radius 2 is 1.77 bits per heavy atom. The number of carbonyl (C=O) groups excluding carboxylic acids is 1. The van der Waals surface area contributed by atoms with Gasteiger partial charge in [0.1, 0.15) is 18.4 Å². The number of allylic oxidation sites excluding steroid dienone is 1. The number of aromatic nitrogens is 4. The smallest absolute Gasteiger partial charge is 0.255 e. The van der Waals surface area contributed by atoms with Gasteiger partial charge in [0.15, 0.2) is 0 Å². The molecule has 1 aliphatic rings. The highest BCUT2D eigenvalue weighted by Gasteiger charge is 2.34. The van der Waals surface area contributed by atoms with Gasteiger partial charge < -0.3 is 15.4 Å². The minimum atomic E-state index is -0.521. The van der Waals surface area contributed by atoms with E-state index < -0.39 is 6.04 Å². The van der Waals surface area contributed by atoms with Gasteiger partial charge in [0, 0.05) is 11.4 Å². The number of nitrogens with zero attached hydrogens (tertiary/aromatic N) is 4. The Balaban J connectivity index is 1.48. The highest BCUT2D eigenvalue weighted by atomic mass is 16.5. The number of aryl methyl sites for hydroxylation is 2. The van der Waals surface area contributed by atoms with Crippen LogP contribution in [0.4, 0.5) is 11.6 Å². The van der Waals surface area contributed by atoms with Crippen molar-refractivity contribution in [3.8, 4) is 5.75 Å². The fourth-order valence-electron chi connectivity index (χ4n) is 4.22. The lowest BCUT2D eigenvalue weighted by atomic mass is 9.94. The van der Waals surface area contributed by atoms with Crippen LogP contribution in [0, 0.1) is 13.8 Å². The van der Waals surface area contributed by atoms with Crippen LogP contribution < -0.4 is 15.4 Å². The molecule has 2 N–H and O–H groups in total. The summed E-state index contributed by atoms with van der Waals surface area (Å²) in [6.45, 7) is 6.34. The van der Waals surface area contributed by atoms with Crippen LogP contribution in [0.3, 0.4) is 0 Å². The van der Waals surface area contributed by atoms with Crippen molar-refractivity contribution >= 4 is 17.5 Å². The third kappa shape index (κ3) is 4.50. The fraction of sp³-hybridized carbons (Fsp3) is 0.185. The molecule has 0 radical (unpaired) electrons. The number of tetrazole rings is 1. The maximum atomic E-state index is 13.6. The summed E-state index contributed by atoms with van der Waals surface area (Å²) in [6, 6.07) is 23.0. The number of rotatable bonds is 6.